The molecule has 2 aromatic carbocycles. The van der Waals surface area contributed by atoms with Gasteiger partial charge in [-0.3, -0.25) is 4.98 Å². The van der Waals surface area contributed by atoms with Gasteiger partial charge in [-0.2, -0.15) is 0 Å². The second-order valence-electron chi connectivity index (χ2n) is 7.41. The van der Waals surface area contributed by atoms with Gasteiger partial charge >= 0.3 is 0 Å². The maximum atomic E-state index is 6.33. The van der Waals surface area contributed by atoms with E-state index in [-0.39, 0.29) is 12.1 Å². The third kappa shape index (κ3) is 4.57. The molecule has 3 heterocycles. The van der Waals surface area contributed by atoms with Crippen molar-refractivity contribution in [3.63, 3.8) is 0 Å². The minimum absolute atomic E-state index is 0.166. The van der Waals surface area contributed by atoms with Crippen LogP contribution in [0.2, 0.25) is 5.02 Å². The van der Waals surface area contributed by atoms with Crippen molar-refractivity contribution in [2.24, 2.45) is 0 Å². The Hall–Kier alpha value is -3.00. The van der Waals surface area contributed by atoms with Crippen LogP contribution in [0.25, 0.3) is 0 Å². The Kier molecular flexibility index (Phi) is 6.26. The molecule has 1 aliphatic rings. The number of furan rings is 1. The summed E-state index contributed by atoms with van der Waals surface area (Å²) in [7, 11) is 1.65. The SMILES string of the molecule is COc1ccc(N2C(=S)N[C@@H](c3ccccn3)[C@@H]2c2ccc(Sc3ccc(Cl)cc3)o2)cc1. The number of hydrogen-bond acceptors (Lipinski definition) is 5. The average molecular weight is 494 g/mol. The first-order chi connectivity index (χ1) is 16.1. The predicted octanol–water partition coefficient (Wildman–Crippen LogP) is 6.66. The Morgan fingerprint density at radius 1 is 1.03 bits per heavy atom. The number of rotatable bonds is 6. The Morgan fingerprint density at radius 3 is 2.52 bits per heavy atom. The number of anilines is 1. The van der Waals surface area contributed by atoms with Crippen LogP contribution in [0, 0.1) is 0 Å². The molecule has 1 fully saturated rings. The monoisotopic (exact) mass is 493 g/mol. The molecule has 4 aromatic rings. The fourth-order valence-electron chi connectivity index (χ4n) is 3.83. The summed E-state index contributed by atoms with van der Waals surface area (Å²) < 4.78 is 11.7. The molecule has 1 aliphatic heterocycles. The van der Waals surface area contributed by atoms with Gasteiger partial charge in [0.2, 0.25) is 0 Å². The highest BCUT2D eigenvalue weighted by Gasteiger charge is 2.42. The molecule has 2 aromatic heterocycles. The number of halogens is 1. The quantitative estimate of drug-likeness (QED) is 0.301. The average Bonchev–Trinajstić information content (AvgIpc) is 3.45. The van der Waals surface area contributed by atoms with E-state index >= 15 is 0 Å². The van der Waals surface area contributed by atoms with Gasteiger partial charge in [0, 0.05) is 21.8 Å². The number of methoxy groups -OCH3 is 1. The molecule has 0 spiro atoms. The summed E-state index contributed by atoms with van der Waals surface area (Å²) in [5.41, 5.74) is 1.84. The summed E-state index contributed by atoms with van der Waals surface area (Å²) >= 11 is 13.3. The molecule has 1 N–H and O–H groups in total. The van der Waals surface area contributed by atoms with E-state index < -0.39 is 0 Å². The normalized spacial score (nSPS) is 17.8. The molecule has 2 atom stereocenters. The van der Waals surface area contributed by atoms with Crippen molar-refractivity contribution in [1.82, 2.24) is 10.3 Å². The minimum atomic E-state index is -0.208. The summed E-state index contributed by atoms with van der Waals surface area (Å²) in [6.07, 6.45) is 1.79. The van der Waals surface area contributed by atoms with E-state index in [1.807, 2.05) is 78.9 Å². The van der Waals surface area contributed by atoms with Gasteiger partial charge in [-0.1, -0.05) is 29.4 Å². The van der Waals surface area contributed by atoms with Gasteiger partial charge in [0.25, 0.3) is 0 Å². The second-order valence-corrected chi connectivity index (χ2v) is 9.31. The van der Waals surface area contributed by atoms with Gasteiger partial charge in [0.05, 0.1) is 18.8 Å². The number of nitrogens with zero attached hydrogens (tertiary/aromatic N) is 2. The first-order valence-corrected chi connectivity index (χ1v) is 11.9. The lowest BCUT2D eigenvalue weighted by atomic mass is 10.0. The topological polar surface area (TPSA) is 50.5 Å². The van der Waals surface area contributed by atoms with Crippen LogP contribution in [0.15, 0.2) is 99.5 Å². The van der Waals surface area contributed by atoms with Crippen molar-refractivity contribution in [2.75, 3.05) is 12.0 Å². The molecule has 33 heavy (non-hydrogen) atoms. The van der Waals surface area contributed by atoms with Crippen molar-refractivity contribution in [2.45, 2.75) is 22.1 Å². The number of pyridine rings is 1. The van der Waals surface area contributed by atoms with Crippen molar-refractivity contribution >= 4 is 46.4 Å². The zero-order valence-corrected chi connectivity index (χ0v) is 20.0. The Balaban J connectivity index is 1.51. The second kappa shape index (κ2) is 9.47. The van der Waals surface area contributed by atoms with Crippen LogP contribution < -0.4 is 15.0 Å². The van der Waals surface area contributed by atoms with Crippen LogP contribution in [0.3, 0.4) is 0 Å². The van der Waals surface area contributed by atoms with Gasteiger partial charge in [0.15, 0.2) is 10.2 Å². The Bertz CT molecular complexity index is 1250. The third-order valence-corrected chi connectivity index (χ3v) is 6.87. The highest BCUT2D eigenvalue weighted by Crippen LogP contribution is 2.43. The molecule has 166 valence electrons. The molecule has 0 radical (unpaired) electrons. The standard InChI is InChI=1S/C25H20ClN3O2S2/c1-30-18-9-7-17(8-10-18)29-24(23(28-25(29)32)20-4-2-3-15-27-20)21-13-14-22(31-21)33-19-11-5-16(26)6-12-19/h2-15,23-24H,1H3,(H,28,32)/t23-,24-/m0/s1. The molecule has 5 nitrogen and oxygen atoms in total. The van der Waals surface area contributed by atoms with Crippen LogP contribution in [0.5, 0.6) is 5.75 Å². The molecular formula is C25H20ClN3O2S2. The van der Waals surface area contributed by atoms with Crippen molar-refractivity contribution in [1.29, 1.82) is 0 Å². The van der Waals surface area contributed by atoms with E-state index in [2.05, 4.69) is 15.2 Å². The summed E-state index contributed by atoms with van der Waals surface area (Å²) in [6.45, 7) is 0. The highest BCUT2D eigenvalue weighted by atomic mass is 35.5. The highest BCUT2D eigenvalue weighted by molar-refractivity contribution is 7.99. The first-order valence-electron chi connectivity index (χ1n) is 10.3. The fraction of sp³-hybridized carbons (Fsp3) is 0.120. The maximum Gasteiger partial charge on any atom is 0.174 e. The zero-order valence-electron chi connectivity index (χ0n) is 17.6. The van der Waals surface area contributed by atoms with E-state index in [9.17, 15) is 0 Å². The zero-order chi connectivity index (χ0) is 22.8. The van der Waals surface area contributed by atoms with E-state index in [0.717, 1.165) is 32.9 Å². The van der Waals surface area contributed by atoms with Gasteiger partial charge in [-0.25, -0.2) is 0 Å². The number of benzene rings is 2. The molecule has 0 saturated carbocycles. The molecule has 0 unspecified atom stereocenters. The molecule has 0 bridgehead atoms. The lowest BCUT2D eigenvalue weighted by Gasteiger charge is -2.26. The minimum Gasteiger partial charge on any atom is -0.497 e. The van der Waals surface area contributed by atoms with Crippen molar-refractivity contribution in [3.8, 4) is 5.75 Å². The summed E-state index contributed by atoms with van der Waals surface area (Å²) in [4.78, 5) is 7.70. The van der Waals surface area contributed by atoms with Crippen molar-refractivity contribution < 1.29 is 9.15 Å². The predicted molar refractivity (Wildman–Crippen MR) is 135 cm³/mol. The Morgan fingerprint density at radius 2 is 1.82 bits per heavy atom. The summed E-state index contributed by atoms with van der Waals surface area (Å²) in [6, 6.07) is 25.0. The molecule has 8 heteroatoms. The molecule has 0 aliphatic carbocycles. The van der Waals surface area contributed by atoms with E-state index in [1.54, 1.807) is 25.1 Å². The summed E-state index contributed by atoms with van der Waals surface area (Å²) in [5.74, 6) is 1.58. The molecule has 0 amide bonds. The van der Waals surface area contributed by atoms with Crippen LogP contribution in [-0.4, -0.2) is 17.2 Å². The van der Waals surface area contributed by atoms with Crippen LogP contribution >= 0.6 is 35.6 Å². The van der Waals surface area contributed by atoms with Gasteiger partial charge in [-0.15, -0.1) is 0 Å². The number of ether oxygens (including phenoxy) is 1. The van der Waals surface area contributed by atoms with E-state index in [4.69, 9.17) is 33.0 Å². The molecule has 5 rings (SSSR count). The van der Waals surface area contributed by atoms with Gasteiger partial charge < -0.3 is 19.4 Å². The number of nitrogens with one attached hydrogen (secondary N) is 1. The summed E-state index contributed by atoms with van der Waals surface area (Å²) in [5, 5.41) is 5.56. The van der Waals surface area contributed by atoms with Gasteiger partial charge in [-0.05, 0) is 85.0 Å². The van der Waals surface area contributed by atoms with Crippen LogP contribution in [0.4, 0.5) is 5.69 Å². The first kappa shape index (κ1) is 21.8. The smallest absolute Gasteiger partial charge is 0.174 e. The fourth-order valence-corrected chi connectivity index (χ4v) is 5.08. The number of thiocarbonyl (C=S) groups is 1. The lowest BCUT2D eigenvalue weighted by molar-refractivity contribution is 0.383. The lowest BCUT2D eigenvalue weighted by Crippen LogP contribution is -2.29. The third-order valence-electron chi connectivity index (χ3n) is 5.37. The number of aromatic nitrogens is 1. The Labute approximate surface area is 206 Å². The van der Waals surface area contributed by atoms with Gasteiger partial charge in [0.1, 0.15) is 17.6 Å². The number of hydrogen-bond donors (Lipinski definition) is 1. The van der Waals surface area contributed by atoms with Crippen LogP contribution in [0.1, 0.15) is 23.5 Å². The van der Waals surface area contributed by atoms with Crippen LogP contribution in [-0.2, 0) is 0 Å². The largest absolute Gasteiger partial charge is 0.497 e. The molecule has 1 saturated heterocycles. The van der Waals surface area contributed by atoms with E-state index in [1.165, 1.54) is 0 Å². The van der Waals surface area contributed by atoms with E-state index in [0.29, 0.717) is 10.1 Å². The van der Waals surface area contributed by atoms with Crippen molar-refractivity contribution in [3.05, 3.63) is 102 Å². The molecular weight excluding hydrogens is 474 g/mol. The maximum absolute atomic E-state index is 6.33.